The topological polar surface area (TPSA) is 62.1 Å². The number of benzene rings is 1. The third kappa shape index (κ3) is 3.11. The van der Waals surface area contributed by atoms with Crippen molar-refractivity contribution < 1.29 is 9.21 Å². The predicted molar refractivity (Wildman–Crippen MR) is 92.5 cm³/mol. The molecule has 0 spiro atoms. The van der Waals surface area contributed by atoms with E-state index in [-0.39, 0.29) is 11.9 Å². The summed E-state index contributed by atoms with van der Waals surface area (Å²) in [6.45, 7) is 6.44. The maximum atomic E-state index is 13.2. The summed E-state index contributed by atoms with van der Waals surface area (Å²) in [4.78, 5) is 15.1. The highest BCUT2D eigenvalue weighted by atomic mass is 16.3. The Morgan fingerprint density at radius 2 is 1.96 bits per heavy atom. The van der Waals surface area contributed by atoms with Gasteiger partial charge in [0.25, 0.3) is 5.91 Å². The summed E-state index contributed by atoms with van der Waals surface area (Å²) in [6, 6.07) is 13.7. The van der Waals surface area contributed by atoms with Crippen molar-refractivity contribution in [3.8, 4) is 11.5 Å². The van der Waals surface area contributed by atoms with Gasteiger partial charge in [-0.2, -0.15) is 5.10 Å². The van der Waals surface area contributed by atoms with Gasteiger partial charge in [0.1, 0.15) is 5.69 Å². The zero-order valence-electron chi connectivity index (χ0n) is 14.1. The SMILES string of the molecule is Cc1[nH]nc(-c2ccco2)c1C(=O)N(Cc1ccccc1)C(C)C. The molecule has 0 saturated heterocycles. The van der Waals surface area contributed by atoms with Crippen LogP contribution >= 0.6 is 0 Å². The monoisotopic (exact) mass is 323 g/mol. The first kappa shape index (κ1) is 16.1. The van der Waals surface area contributed by atoms with Crippen molar-refractivity contribution >= 4 is 5.91 Å². The van der Waals surface area contributed by atoms with Crippen LogP contribution in [0.15, 0.2) is 53.1 Å². The molecule has 3 aromatic rings. The van der Waals surface area contributed by atoms with Gasteiger partial charge in [-0.15, -0.1) is 0 Å². The smallest absolute Gasteiger partial charge is 0.258 e. The fourth-order valence-electron chi connectivity index (χ4n) is 2.70. The first-order valence-corrected chi connectivity index (χ1v) is 8.01. The average Bonchev–Trinajstić information content (AvgIpc) is 3.22. The number of H-pyrrole nitrogens is 1. The summed E-state index contributed by atoms with van der Waals surface area (Å²) in [6.07, 6.45) is 1.58. The Balaban J connectivity index is 1.95. The van der Waals surface area contributed by atoms with E-state index in [0.29, 0.717) is 23.6 Å². The second-order valence-corrected chi connectivity index (χ2v) is 6.06. The molecule has 0 aliphatic heterocycles. The van der Waals surface area contributed by atoms with Crippen molar-refractivity contribution in [2.24, 2.45) is 0 Å². The number of amides is 1. The van der Waals surface area contributed by atoms with E-state index in [9.17, 15) is 4.79 Å². The molecule has 24 heavy (non-hydrogen) atoms. The van der Waals surface area contributed by atoms with E-state index in [1.165, 1.54) is 0 Å². The van der Waals surface area contributed by atoms with Gasteiger partial charge in [0, 0.05) is 18.3 Å². The molecule has 2 aromatic heterocycles. The van der Waals surface area contributed by atoms with Crippen LogP contribution in [0.1, 0.15) is 35.5 Å². The van der Waals surface area contributed by atoms with Gasteiger partial charge >= 0.3 is 0 Å². The van der Waals surface area contributed by atoms with Crippen LogP contribution in [0, 0.1) is 6.92 Å². The molecule has 1 amide bonds. The largest absolute Gasteiger partial charge is 0.463 e. The molecule has 0 fully saturated rings. The zero-order valence-corrected chi connectivity index (χ0v) is 14.1. The number of nitrogens with one attached hydrogen (secondary N) is 1. The van der Waals surface area contributed by atoms with Crippen molar-refractivity contribution in [3.05, 3.63) is 65.5 Å². The van der Waals surface area contributed by atoms with E-state index >= 15 is 0 Å². The van der Waals surface area contributed by atoms with Crippen LogP contribution in [0.2, 0.25) is 0 Å². The second kappa shape index (κ2) is 6.74. The van der Waals surface area contributed by atoms with E-state index in [2.05, 4.69) is 10.2 Å². The number of carbonyl (C=O) groups is 1. The molecule has 0 atom stereocenters. The lowest BCUT2D eigenvalue weighted by Crippen LogP contribution is -2.36. The number of rotatable bonds is 5. The summed E-state index contributed by atoms with van der Waals surface area (Å²) in [5.74, 6) is 0.539. The third-order valence-electron chi connectivity index (χ3n) is 4.00. The van der Waals surface area contributed by atoms with Crippen molar-refractivity contribution in [1.82, 2.24) is 15.1 Å². The fourth-order valence-corrected chi connectivity index (χ4v) is 2.70. The third-order valence-corrected chi connectivity index (χ3v) is 4.00. The molecule has 0 saturated carbocycles. The maximum absolute atomic E-state index is 13.2. The summed E-state index contributed by atoms with van der Waals surface area (Å²) >= 11 is 0. The first-order valence-electron chi connectivity index (χ1n) is 8.01. The van der Waals surface area contributed by atoms with Gasteiger partial charge in [0.05, 0.1) is 11.8 Å². The standard InChI is InChI=1S/C19H21N3O2/c1-13(2)22(12-15-8-5-4-6-9-15)19(23)17-14(3)20-21-18(17)16-10-7-11-24-16/h4-11,13H,12H2,1-3H3,(H,20,21). The van der Waals surface area contributed by atoms with Crippen LogP contribution in [0.25, 0.3) is 11.5 Å². The highest BCUT2D eigenvalue weighted by Gasteiger charge is 2.27. The van der Waals surface area contributed by atoms with E-state index < -0.39 is 0 Å². The van der Waals surface area contributed by atoms with Gasteiger partial charge in [-0.1, -0.05) is 30.3 Å². The number of hydrogen-bond acceptors (Lipinski definition) is 3. The Labute approximate surface area is 141 Å². The molecule has 0 aliphatic rings. The molecule has 1 aromatic carbocycles. The van der Waals surface area contributed by atoms with Crippen LogP contribution in [-0.4, -0.2) is 27.0 Å². The Morgan fingerprint density at radius 1 is 1.21 bits per heavy atom. The van der Waals surface area contributed by atoms with Crippen LogP contribution in [0.3, 0.4) is 0 Å². The molecular weight excluding hydrogens is 302 g/mol. The molecule has 0 radical (unpaired) electrons. The molecule has 124 valence electrons. The highest BCUT2D eigenvalue weighted by molar-refractivity contribution is 6.00. The Morgan fingerprint density at radius 3 is 2.58 bits per heavy atom. The number of aromatic nitrogens is 2. The fraction of sp³-hybridized carbons (Fsp3) is 0.263. The van der Waals surface area contributed by atoms with Crippen molar-refractivity contribution in [2.45, 2.75) is 33.4 Å². The van der Waals surface area contributed by atoms with Crippen molar-refractivity contribution in [2.75, 3.05) is 0 Å². The van der Waals surface area contributed by atoms with Gasteiger partial charge in [-0.3, -0.25) is 9.89 Å². The first-order chi connectivity index (χ1) is 11.6. The van der Waals surface area contributed by atoms with Gasteiger partial charge < -0.3 is 9.32 Å². The van der Waals surface area contributed by atoms with Crippen LogP contribution < -0.4 is 0 Å². The number of aromatic amines is 1. The maximum Gasteiger partial charge on any atom is 0.258 e. The minimum Gasteiger partial charge on any atom is -0.463 e. The Kier molecular flexibility index (Phi) is 4.51. The number of hydrogen-bond donors (Lipinski definition) is 1. The highest BCUT2D eigenvalue weighted by Crippen LogP contribution is 2.26. The predicted octanol–water partition coefficient (Wildman–Crippen LogP) is 4.03. The lowest BCUT2D eigenvalue weighted by Gasteiger charge is -2.27. The van der Waals surface area contributed by atoms with E-state index in [0.717, 1.165) is 11.3 Å². The molecular formula is C19H21N3O2. The van der Waals surface area contributed by atoms with Crippen molar-refractivity contribution in [3.63, 3.8) is 0 Å². The summed E-state index contributed by atoms with van der Waals surface area (Å²) in [5, 5.41) is 7.17. The quantitative estimate of drug-likeness (QED) is 0.771. The summed E-state index contributed by atoms with van der Waals surface area (Å²) in [5.41, 5.74) is 2.96. The Bertz CT molecular complexity index is 805. The van der Waals surface area contributed by atoms with Crippen LogP contribution in [0.4, 0.5) is 0 Å². The Hall–Kier alpha value is -2.82. The number of carbonyl (C=O) groups excluding carboxylic acids is 1. The zero-order chi connectivity index (χ0) is 17.1. The number of furan rings is 1. The van der Waals surface area contributed by atoms with Crippen molar-refractivity contribution in [1.29, 1.82) is 0 Å². The summed E-state index contributed by atoms with van der Waals surface area (Å²) in [7, 11) is 0. The number of aryl methyl sites for hydroxylation is 1. The molecule has 5 nitrogen and oxygen atoms in total. The lowest BCUT2D eigenvalue weighted by atomic mass is 10.1. The van der Waals surface area contributed by atoms with E-state index in [1.54, 1.807) is 12.3 Å². The van der Waals surface area contributed by atoms with Gasteiger partial charge in [0.2, 0.25) is 0 Å². The normalized spacial score (nSPS) is 11.0. The van der Waals surface area contributed by atoms with Crippen LogP contribution in [-0.2, 0) is 6.54 Å². The molecule has 5 heteroatoms. The number of nitrogens with zero attached hydrogens (tertiary/aromatic N) is 2. The van der Waals surface area contributed by atoms with Gasteiger partial charge in [0.15, 0.2) is 5.76 Å². The molecule has 2 heterocycles. The van der Waals surface area contributed by atoms with Gasteiger partial charge in [-0.25, -0.2) is 0 Å². The lowest BCUT2D eigenvalue weighted by molar-refractivity contribution is 0.0690. The molecule has 0 unspecified atom stereocenters. The molecule has 3 rings (SSSR count). The van der Waals surface area contributed by atoms with E-state index in [1.807, 2.05) is 62.1 Å². The molecule has 0 aliphatic carbocycles. The van der Waals surface area contributed by atoms with E-state index in [4.69, 9.17) is 4.42 Å². The minimum atomic E-state index is -0.0495. The summed E-state index contributed by atoms with van der Waals surface area (Å²) < 4.78 is 5.43. The minimum absolute atomic E-state index is 0.0495. The second-order valence-electron chi connectivity index (χ2n) is 6.06. The molecule has 0 bridgehead atoms. The molecule has 1 N–H and O–H groups in total. The van der Waals surface area contributed by atoms with Gasteiger partial charge in [-0.05, 0) is 38.5 Å². The average molecular weight is 323 g/mol. The van der Waals surface area contributed by atoms with Crippen LogP contribution in [0.5, 0.6) is 0 Å².